The van der Waals surface area contributed by atoms with E-state index < -0.39 is 10.0 Å². The van der Waals surface area contributed by atoms with Crippen LogP contribution in [0.1, 0.15) is 17.0 Å². The van der Waals surface area contributed by atoms with E-state index in [2.05, 4.69) is 9.71 Å². The first kappa shape index (κ1) is 14.6. The van der Waals surface area contributed by atoms with Crippen molar-refractivity contribution in [3.8, 4) is 0 Å². The van der Waals surface area contributed by atoms with Gasteiger partial charge < -0.3 is 4.40 Å². The number of sulfonamides is 1. The van der Waals surface area contributed by atoms with Gasteiger partial charge in [0, 0.05) is 11.9 Å². The van der Waals surface area contributed by atoms with Crippen molar-refractivity contribution < 1.29 is 8.42 Å². The molecule has 114 valence electrons. The zero-order valence-corrected chi connectivity index (χ0v) is 13.3. The molecular weight excluding hydrogens is 298 g/mol. The Morgan fingerprint density at radius 1 is 1.09 bits per heavy atom. The SMILES string of the molecule is Cc1nc2c(NS(=O)(=O)Cc3ccccc3)cccn2c1C. The maximum Gasteiger partial charge on any atom is 0.237 e. The minimum absolute atomic E-state index is 0.0619. The molecular formula is C16H17N3O2S. The third-order valence-electron chi connectivity index (χ3n) is 3.59. The van der Waals surface area contributed by atoms with Gasteiger partial charge in [0.25, 0.3) is 0 Å². The van der Waals surface area contributed by atoms with E-state index in [1.807, 2.05) is 48.7 Å². The number of hydrogen-bond donors (Lipinski definition) is 1. The Bertz CT molecular complexity index is 915. The van der Waals surface area contributed by atoms with Crippen molar-refractivity contribution in [2.45, 2.75) is 19.6 Å². The fourth-order valence-electron chi connectivity index (χ4n) is 2.38. The third-order valence-corrected chi connectivity index (χ3v) is 4.83. The summed E-state index contributed by atoms with van der Waals surface area (Å²) in [6.07, 6.45) is 1.87. The maximum atomic E-state index is 12.4. The van der Waals surface area contributed by atoms with Gasteiger partial charge >= 0.3 is 0 Å². The second kappa shape index (κ2) is 5.46. The highest BCUT2D eigenvalue weighted by Crippen LogP contribution is 2.21. The van der Waals surface area contributed by atoms with Crippen LogP contribution in [0, 0.1) is 13.8 Å². The second-order valence-electron chi connectivity index (χ2n) is 5.24. The standard InChI is InChI=1S/C16H17N3O2S/c1-12-13(2)19-10-6-9-15(16(19)17-12)18-22(20,21)11-14-7-4-3-5-8-14/h3-10,18H,11H2,1-2H3. The molecule has 1 N–H and O–H groups in total. The van der Waals surface area contributed by atoms with Crippen molar-refractivity contribution in [1.82, 2.24) is 9.38 Å². The Labute approximate surface area is 129 Å². The van der Waals surface area contributed by atoms with Crippen molar-refractivity contribution in [3.63, 3.8) is 0 Å². The predicted molar refractivity (Wildman–Crippen MR) is 87.4 cm³/mol. The number of imidazole rings is 1. The summed E-state index contributed by atoms with van der Waals surface area (Å²) >= 11 is 0. The average molecular weight is 315 g/mol. The lowest BCUT2D eigenvalue weighted by atomic mass is 10.2. The summed E-state index contributed by atoms with van der Waals surface area (Å²) in [6, 6.07) is 12.6. The highest BCUT2D eigenvalue weighted by Gasteiger charge is 2.15. The van der Waals surface area contributed by atoms with Crippen LogP contribution in [0.4, 0.5) is 5.69 Å². The van der Waals surface area contributed by atoms with E-state index in [1.54, 1.807) is 18.2 Å². The highest BCUT2D eigenvalue weighted by atomic mass is 32.2. The lowest BCUT2D eigenvalue weighted by Crippen LogP contribution is -2.15. The van der Waals surface area contributed by atoms with Gasteiger partial charge in [-0.3, -0.25) is 4.72 Å². The fraction of sp³-hybridized carbons (Fsp3) is 0.188. The zero-order valence-electron chi connectivity index (χ0n) is 12.4. The molecule has 0 saturated heterocycles. The fourth-order valence-corrected chi connectivity index (χ4v) is 3.57. The first-order valence-corrected chi connectivity index (χ1v) is 8.60. The summed E-state index contributed by atoms with van der Waals surface area (Å²) in [5, 5.41) is 0. The van der Waals surface area contributed by atoms with Crippen LogP contribution in [0.3, 0.4) is 0 Å². The van der Waals surface area contributed by atoms with E-state index in [-0.39, 0.29) is 5.75 Å². The third kappa shape index (κ3) is 2.82. The molecule has 5 nitrogen and oxygen atoms in total. The smallest absolute Gasteiger partial charge is 0.237 e. The number of aryl methyl sites for hydroxylation is 2. The van der Waals surface area contributed by atoms with Crippen LogP contribution < -0.4 is 4.72 Å². The molecule has 0 fully saturated rings. The molecule has 6 heteroatoms. The number of pyridine rings is 1. The highest BCUT2D eigenvalue weighted by molar-refractivity contribution is 7.91. The van der Waals surface area contributed by atoms with E-state index in [9.17, 15) is 8.42 Å². The number of anilines is 1. The van der Waals surface area contributed by atoms with Gasteiger partial charge in [0.05, 0.1) is 17.1 Å². The molecule has 0 saturated carbocycles. The summed E-state index contributed by atoms with van der Waals surface area (Å²) in [5.74, 6) is -0.0619. The average Bonchev–Trinajstić information content (AvgIpc) is 2.76. The Hall–Kier alpha value is -2.34. The van der Waals surface area contributed by atoms with Crippen LogP contribution >= 0.6 is 0 Å². The first-order valence-electron chi connectivity index (χ1n) is 6.95. The van der Waals surface area contributed by atoms with E-state index >= 15 is 0 Å². The van der Waals surface area contributed by atoms with Crippen LogP contribution in [0.2, 0.25) is 0 Å². The minimum atomic E-state index is -3.49. The molecule has 0 aliphatic heterocycles. The van der Waals surface area contributed by atoms with E-state index in [0.717, 1.165) is 17.0 Å². The number of nitrogens with zero attached hydrogens (tertiary/aromatic N) is 2. The van der Waals surface area contributed by atoms with E-state index in [4.69, 9.17) is 0 Å². The Balaban J connectivity index is 1.94. The lowest BCUT2D eigenvalue weighted by Gasteiger charge is -2.09. The molecule has 0 spiro atoms. The molecule has 0 amide bonds. The monoisotopic (exact) mass is 315 g/mol. The molecule has 22 heavy (non-hydrogen) atoms. The van der Waals surface area contributed by atoms with Crippen LogP contribution in [0.5, 0.6) is 0 Å². The predicted octanol–water partition coefficient (Wildman–Crippen LogP) is 2.89. The van der Waals surface area contributed by atoms with Crippen molar-refractivity contribution in [3.05, 3.63) is 65.6 Å². The zero-order chi connectivity index (χ0) is 15.7. The number of benzene rings is 1. The van der Waals surface area contributed by atoms with Crippen molar-refractivity contribution in [2.24, 2.45) is 0 Å². The molecule has 0 atom stereocenters. The van der Waals surface area contributed by atoms with Crippen molar-refractivity contribution >= 4 is 21.4 Å². The number of fused-ring (bicyclic) bond motifs is 1. The quantitative estimate of drug-likeness (QED) is 0.805. The van der Waals surface area contributed by atoms with Crippen LogP contribution in [-0.2, 0) is 15.8 Å². The summed E-state index contributed by atoms with van der Waals surface area (Å²) in [6.45, 7) is 3.86. The second-order valence-corrected chi connectivity index (χ2v) is 6.97. The van der Waals surface area contributed by atoms with Crippen LogP contribution in [-0.4, -0.2) is 17.8 Å². The summed E-state index contributed by atoms with van der Waals surface area (Å²) in [5.41, 5.74) is 3.75. The van der Waals surface area contributed by atoms with E-state index in [0.29, 0.717) is 11.3 Å². The van der Waals surface area contributed by atoms with Crippen LogP contribution in [0.25, 0.3) is 5.65 Å². The molecule has 0 unspecified atom stereocenters. The Morgan fingerprint density at radius 3 is 2.55 bits per heavy atom. The molecule has 2 aromatic heterocycles. The van der Waals surface area contributed by atoms with Gasteiger partial charge in [0.1, 0.15) is 0 Å². The topological polar surface area (TPSA) is 63.5 Å². The molecule has 0 aliphatic rings. The number of aromatic nitrogens is 2. The normalized spacial score (nSPS) is 11.7. The lowest BCUT2D eigenvalue weighted by molar-refractivity contribution is 0.600. The summed E-state index contributed by atoms with van der Waals surface area (Å²) in [4.78, 5) is 4.44. The van der Waals surface area contributed by atoms with Crippen molar-refractivity contribution in [1.29, 1.82) is 0 Å². The molecule has 0 bridgehead atoms. The minimum Gasteiger partial charge on any atom is -0.302 e. The number of nitrogens with one attached hydrogen (secondary N) is 1. The Kier molecular flexibility index (Phi) is 3.62. The molecule has 2 heterocycles. The number of hydrogen-bond acceptors (Lipinski definition) is 3. The van der Waals surface area contributed by atoms with Gasteiger partial charge in [-0.15, -0.1) is 0 Å². The molecule has 3 rings (SSSR count). The molecule has 0 radical (unpaired) electrons. The van der Waals surface area contributed by atoms with E-state index in [1.165, 1.54) is 0 Å². The largest absolute Gasteiger partial charge is 0.302 e. The first-order chi connectivity index (χ1) is 10.5. The maximum absolute atomic E-state index is 12.4. The summed E-state index contributed by atoms with van der Waals surface area (Å²) in [7, 11) is -3.49. The van der Waals surface area contributed by atoms with Gasteiger partial charge in [-0.1, -0.05) is 30.3 Å². The van der Waals surface area contributed by atoms with Gasteiger partial charge in [0.2, 0.25) is 10.0 Å². The van der Waals surface area contributed by atoms with Gasteiger partial charge in [-0.25, -0.2) is 13.4 Å². The van der Waals surface area contributed by atoms with Gasteiger partial charge in [-0.2, -0.15) is 0 Å². The number of rotatable bonds is 4. The summed E-state index contributed by atoms with van der Waals surface area (Å²) < 4.78 is 29.2. The van der Waals surface area contributed by atoms with Crippen molar-refractivity contribution in [2.75, 3.05) is 4.72 Å². The van der Waals surface area contributed by atoms with Gasteiger partial charge in [-0.05, 0) is 31.5 Å². The molecule has 3 aromatic rings. The van der Waals surface area contributed by atoms with Crippen LogP contribution in [0.15, 0.2) is 48.7 Å². The molecule has 0 aliphatic carbocycles. The molecule has 1 aromatic carbocycles. The Morgan fingerprint density at radius 2 is 1.82 bits per heavy atom. The van der Waals surface area contributed by atoms with Gasteiger partial charge in [0.15, 0.2) is 5.65 Å².